The van der Waals surface area contributed by atoms with Gasteiger partial charge in [-0.05, 0) is 38.8 Å². The molecule has 0 radical (unpaired) electrons. The molecule has 0 bridgehead atoms. The molecule has 1 amide bonds. The fraction of sp³-hybridized carbons (Fsp3) is 0.438. The van der Waals surface area contributed by atoms with Gasteiger partial charge < -0.3 is 9.64 Å². The van der Waals surface area contributed by atoms with E-state index in [1.807, 2.05) is 58.0 Å². The van der Waals surface area contributed by atoms with Gasteiger partial charge in [-0.2, -0.15) is 0 Å². The van der Waals surface area contributed by atoms with Gasteiger partial charge in [0.1, 0.15) is 5.60 Å². The normalized spacial score (nSPS) is 12.7. The van der Waals surface area contributed by atoms with E-state index in [9.17, 15) is 4.79 Å². The number of hydrogen-bond acceptors (Lipinski definition) is 2. The Bertz CT molecular complexity index is 446. The molecule has 0 saturated carbocycles. The van der Waals surface area contributed by atoms with Crippen molar-refractivity contribution in [1.29, 1.82) is 0 Å². The van der Waals surface area contributed by atoms with Gasteiger partial charge in [-0.25, -0.2) is 4.79 Å². The summed E-state index contributed by atoms with van der Waals surface area (Å²) in [6, 6.07) is 9.74. The molecule has 3 nitrogen and oxygen atoms in total. The van der Waals surface area contributed by atoms with Crippen LogP contribution in [-0.2, 0) is 4.74 Å². The zero-order valence-corrected chi connectivity index (χ0v) is 12.4. The lowest BCUT2D eigenvalue weighted by Crippen LogP contribution is -2.39. The molecule has 0 aliphatic rings. The fourth-order valence-electron chi connectivity index (χ4n) is 1.62. The van der Waals surface area contributed by atoms with E-state index in [4.69, 9.17) is 4.74 Å². The van der Waals surface area contributed by atoms with Crippen molar-refractivity contribution in [1.82, 2.24) is 4.90 Å². The molecule has 0 aliphatic heterocycles. The fourth-order valence-corrected chi connectivity index (χ4v) is 1.62. The van der Waals surface area contributed by atoms with E-state index >= 15 is 0 Å². The maximum atomic E-state index is 12.0. The SMILES string of the molecule is C=C(c1ccccc1)C(C)N(C)C(=O)OC(C)(C)C. The van der Waals surface area contributed by atoms with Crippen molar-refractivity contribution in [2.75, 3.05) is 7.05 Å². The van der Waals surface area contributed by atoms with Crippen LogP contribution in [-0.4, -0.2) is 29.7 Å². The monoisotopic (exact) mass is 261 g/mol. The maximum absolute atomic E-state index is 12.0. The highest BCUT2D eigenvalue weighted by molar-refractivity contribution is 5.74. The molecule has 1 atom stereocenters. The number of ether oxygens (including phenoxy) is 1. The number of carbonyl (C=O) groups is 1. The van der Waals surface area contributed by atoms with Crippen LogP contribution in [0.4, 0.5) is 4.79 Å². The highest BCUT2D eigenvalue weighted by Crippen LogP contribution is 2.21. The molecule has 1 aromatic carbocycles. The van der Waals surface area contributed by atoms with E-state index < -0.39 is 5.60 Å². The van der Waals surface area contributed by atoms with Crippen molar-refractivity contribution < 1.29 is 9.53 Å². The molecule has 1 aromatic rings. The molecule has 3 heteroatoms. The predicted octanol–water partition coefficient (Wildman–Crippen LogP) is 3.96. The van der Waals surface area contributed by atoms with Crippen LogP contribution >= 0.6 is 0 Å². The second kappa shape index (κ2) is 5.91. The number of benzene rings is 1. The van der Waals surface area contributed by atoms with Crippen LogP contribution in [0.1, 0.15) is 33.3 Å². The van der Waals surface area contributed by atoms with Gasteiger partial charge in [0.2, 0.25) is 0 Å². The zero-order valence-electron chi connectivity index (χ0n) is 12.4. The third-order valence-electron chi connectivity index (χ3n) is 2.91. The Morgan fingerprint density at radius 1 is 1.26 bits per heavy atom. The average Bonchev–Trinajstić information content (AvgIpc) is 2.35. The first-order valence-electron chi connectivity index (χ1n) is 6.42. The smallest absolute Gasteiger partial charge is 0.410 e. The molecule has 0 aliphatic carbocycles. The van der Waals surface area contributed by atoms with Crippen molar-refractivity contribution in [3.63, 3.8) is 0 Å². The molecule has 0 spiro atoms. The van der Waals surface area contributed by atoms with Crippen molar-refractivity contribution >= 4 is 11.7 Å². The van der Waals surface area contributed by atoms with Crippen molar-refractivity contribution in [3.05, 3.63) is 42.5 Å². The number of amides is 1. The average molecular weight is 261 g/mol. The third-order valence-corrected chi connectivity index (χ3v) is 2.91. The first kappa shape index (κ1) is 15.3. The Morgan fingerprint density at radius 3 is 2.26 bits per heavy atom. The van der Waals surface area contributed by atoms with Crippen LogP contribution in [0.3, 0.4) is 0 Å². The Balaban J connectivity index is 2.75. The number of carbonyl (C=O) groups excluding carboxylic acids is 1. The first-order valence-corrected chi connectivity index (χ1v) is 6.42. The van der Waals surface area contributed by atoms with E-state index in [0.29, 0.717) is 0 Å². The van der Waals surface area contributed by atoms with Crippen molar-refractivity contribution in [3.8, 4) is 0 Å². The van der Waals surface area contributed by atoms with Gasteiger partial charge in [0.15, 0.2) is 0 Å². The summed E-state index contributed by atoms with van der Waals surface area (Å²) in [6.07, 6.45) is -0.336. The second-order valence-electron chi connectivity index (χ2n) is 5.66. The number of rotatable bonds is 3. The zero-order chi connectivity index (χ0) is 14.6. The minimum absolute atomic E-state index is 0.114. The summed E-state index contributed by atoms with van der Waals surface area (Å²) in [4.78, 5) is 13.6. The Hall–Kier alpha value is -1.77. The molecule has 1 unspecified atom stereocenters. The van der Waals surface area contributed by atoms with E-state index in [1.54, 1.807) is 11.9 Å². The van der Waals surface area contributed by atoms with E-state index in [1.165, 1.54) is 0 Å². The highest BCUT2D eigenvalue weighted by atomic mass is 16.6. The van der Waals surface area contributed by atoms with Gasteiger partial charge in [-0.1, -0.05) is 36.9 Å². The van der Waals surface area contributed by atoms with Gasteiger partial charge in [-0.3, -0.25) is 0 Å². The van der Waals surface area contributed by atoms with Crippen molar-refractivity contribution in [2.45, 2.75) is 39.3 Å². The number of likely N-dealkylation sites (N-methyl/N-ethyl adjacent to an activating group) is 1. The molecule has 0 aromatic heterocycles. The molecular weight excluding hydrogens is 238 g/mol. The summed E-state index contributed by atoms with van der Waals surface area (Å²) in [6.45, 7) is 11.6. The summed E-state index contributed by atoms with van der Waals surface area (Å²) < 4.78 is 5.35. The highest BCUT2D eigenvalue weighted by Gasteiger charge is 2.24. The molecule has 1 rings (SSSR count). The van der Waals surface area contributed by atoms with Gasteiger partial charge in [0, 0.05) is 7.05 Å². The summed E-state index contributed by atoms with van der Waals surface area (Å²) >= 11 is 0. The lowest BCUT2D eigenvalue weighted by Gasteiger charge is -2.29. The van der Waals surface area contributed by atoms with Gasteiger partial charge in [-0.15, -0.1) is 0 Å². The molecule has 0 heterocycles. The number of hydrogen-bond donors (Lipinski definition) is 0. The molecule has 0 saturated heterocycles. The Kier molecular flexibility index (Phi) is 4.76. The van der Waals surface area contributed by atoms with Crippen LogP contribution in [0.2, 0.25) is 0 Å². The van der Waals surface area contributed by atoms with E-state index in [0.717, 1.165) is 11.1 Å². The van der Waals surface area contributed by atoms with Crippen LogP contribution in [0.15, 0.2) is 36.9 Å². The first-order chi connectivity index (χ1) is 8.72. The summed E-state index contributed by atoms with van der Waals surface area (Å²) in [5.74, 6) is 0. The number of nitrogens with zero attached hydrogens (tertiary/aromatic N) is 1. The summed E-state index contributed by atoms with van der Waals surface area (Å²) in [5.41, 5.74) is 1.44. The summed E-state index contributed by atoms with van der Waals surface area (Å²) in [5, 5.41) is 0. The minimum Gasteiger partial charge on any atom is -0.444 e. The van der Waals surface area contributed by atoms with Gasteiger partial charge in [0.25, 0.3) is 0 Å². The van der Waals surface area contributed by atoms with Crippen LogP contribution in [0.25, 0.3) is 5.57 Å². The van der Waals surface area contributed by atoms with Crippen LogP contribution in [0, 0.1) is 0 Å². The molecule has 104 valence electrons. The van der Waals surface area contributed by atoms with Crippen molar-refractivity contribution in [2.24, 2.45) is 0 Å². The lowest BCUT2D eigenvalue weighted by molar-refractivity contribution is 0.0272. The van der Waals surface area contributed by atoms with Crippen LogP contribution < -0.4 is 0 Å². The molecular formula is C16H23NO2. The van der Waals surface area contributed by atoms with E-state index in [-0.39, 0.29) is 12.1 Å². The Labute approximate surface area is 115 Å². The second-order valence-corrected chi connectivity index (χ2v) is 5.66. The molecule has 19 heavy (non-hydrogen) atoms. The maximum Gasteiger partial charge on any atom is 0.410 e. The summed E-state index contributed by atoms with van der Waals surface area (Å²) in [7, 11) is 1.73. The minimum atomic E-state index is -0.487. The Morgan fingerprint density at radius 2 is 1.79 bits per heavy atom. The molecule has 0 fully saturated rings. The quantitative estimate of drug-likeness (QED) is 0.824. The topological polar surface area (TPSA) is 29.5 Å². The van der Waals surface area contributed by atoms with Crippen LogP contribution in [0.5, 0.6) is 0 Å². The van der Waals surface area contributed by atoms with Gasteiger partial charge >= 0.3 is 6.09 Å². The third kappa shape index (κ3) is 4.43. The molecule has 0 N–H and O–H groups in total. The predicted molar refractivity (Wildman–Crippen MR) is 78.9 cm³/mol. The lowest BCUT2D eigenvalue weighted by atomic mass is 10.0. The van der Waals surface area contributed by atoms with E-state index in [2.05, 4.69) is 6.58 Å². The standard InChI is InChI=1S/C16H23NO2/c1-12(14-10-8-7-9-11-14)13(2)17(6)15(18)19-16(3,4)5/h7-11,13H,1H2,2-6H3. The largest absolute Gasteiger partial charge is 0.444 e. The van der Waals surface area contributed by atoms with Gasteiger partial charge in [0.05, 0.1) is 6.04 Å².